The van der Waals surface area contributed by atoms with Crippen molar-refractivity contribution in [2.75, 3.05) is 13.3 Å². The second kappa shape index (κ2) is 11.0. The van der Waals surface area contributed by atoms with Crippen LogP contribution >= 0.6 is 0 Å². The summed E-state index contributed by atoms with van der Waals surface area (Å²) < 4.78 is 5.82. The van der Waals surface area contributed by atoms with Crippen LogP contribution in [-0.4, -0.2) is 19.4 Å². The van der Waals surface area contributed by atoms with E-state index in [1.165, 1.54) is 70.6 Å². The molecule has 0 heterocycles. The van der Waals surface area contributed by atoms with Gasteiger partial charge in [-0.25, -0.2) is 0 Å². The van der Waals surface area contributed by atoms with Crippen LogP contribution in [0.3, 0.4) is 0 Å². The van der Waals surface area contributed by atoms with Crippen molar-refractivity contribution in [1.82, 2.24) is 5.32 Å². The number of nitrogens with one attached hydrogen (secondary N) is 1. The van der Waals surface area contributed by atoms with E-state index in [2.05, 4.69) is 12.2 Å². The van der Waals surface area contributed by atoms with E-state index in [4.69, 9.17) is 4.74 Å². The third kappa shape index (κ3) is 8.62. The van der Waals surface area contributed by atoms with Gasteiger partial charge >= 0.3 is 0 Å². The molecule has 2 nitrogen and oxygen atoms in total. The molecule has 0 radical (unpaired) electrons. The fraction of sp³-hybridized carbons (Fsp3) is 1.00. The molecule has 0 atom stereocenters. The van der Waals surface area contributed by atoms with Gasteiger partial charge in [-0.1, -0.05) is 58.3 Å². The van der Waals surface area contributed by atoms with E-state index in [-0.39, 0.29) is 0 Å². The van der Waals surface area contributed by atoms with Gasteiger partial charge < -0.3 is 4.74 Å². The Morgan fingerprint density at radius 3 is 2.41 bits per heavy atom. The summed E-state index contributed by atoms with van der Waals surface area (Å²) in [5.74, 6) is 0. The summed E-state index contributed by atoms with van der Waals surface area (Å²) in [5, 5.41) is 3.40. The topological polar surface area (TPSA) is 21.3 Å². The minimum atomic E-state index is 0.542. The highest BCUT2D eigenvalue weighted by molar-refractivity contribution is 4.64. The average molecular weight is 241 g/mol. The van der Waals surface area contributed by atoms with E-state index in [0.717, 1.165) is 13.3 Å². The van der Waals surface area contributed by atoms with Crippen LogP contribution in [0.15, 0.2) is 0 Å². The van der Waals surface area contributed by atoms with E-state index < -0.39 is 0 Å². The zero-order valence-electron chi connectivity index (χ0n) is 11.7. The largest absolute Gasteiger partial charge is 0.363 e. The molecule has 0 aliphatic heterocycles. The van der Waals surface area contributed by atoms with Crippen LogP contribution in [0.1, 0.15) is 77.6 Å². The first-order valence-corrected chi connectivity index (χ1v) is 7.76. The number of hydrogen-bond acceptors (Lipinski definition) is 2. The van der Waals surface area contributed by atoms with Gasteiger partial charge in [-0.05, 0) is 25.8 Å². The van der Waals surface area contributed by atoms with Gasteiger partial charge in [0.05, 0.1) is 12.8 Å². The summed E-state index contributed by atoms with van der Waals surface area (Å²) in [6, 6.07) is 0. The first-order chi connectivity index (χ1) is 8.43. The third-order valence-corrected chi connectivity index (χ3v) is 3.68. The van der Waals surface area contributed by atoms with E-state index in [9.17, 15) is 0 Å². The summed E-state index contributed by atoms with van der Waals surface area (Å²) in [6.07, 6.45) is 15.5. The molecular weight excluding hydrogens is 210 g/mol. The summed E-state index contributed by atoms with van der Waals surface area (Å²) in [7, 11) is 0. The molecule has 0 aromatic rings. The Kier molecular flexibility index (Phi) is 9.72. The second-order valence-corrected chi connectivity index (χ2v) is 5.34. The van der Waals surface area contributed by atoms with Crippen molar-refractivity contribution in [3.8, 4) is 0 Å². The molecule has 0 aromatic carbocycles. The molecule has 0 unspecified atom stereocenters. The summed E-state index contributed by atoms with van der Waals surface area (Å²) >= 11 is 0. The van der Waals surface area contributed by atoms with Gasteiger partial charge in [0, 0.05) is 0 Å². The normalized spacial score (nSPS) is 17.5. The first-order valence-electron chi connectivity index (χ1n) is 7.76. The minimum absolute atomic E-state index is 0.542. The van der Waals surface area contributed by atoms with E-state index >= 15 is 0 Å². The van der Waals surface area contributed by atoms with Crippen LogP contribution in [0, 0.1) is 0 Å². The van der Waals surface area contributed by atoms with Gasteiger partial charge in [0.15, 0.2) is 0 Å². The van der Waals surface area contributed by atoms with Crippen LogP contribution in [-0.2, 0) is 4.74 Å². The molecule has 1 aliphatic rings. The summed E-state index contributed by atoms with van der Waals surface area (Å²) in [6.45, 7) is 4.16. The minimum Gasteiger partial charge on any atom is -0.363 e. The van der Waals surface area contributed by atoms with Crippen LogP contribution in [0.2, 0.25) is 0 Å². The maximum Gasteiger partial charge on any atom is 0.0969 e. The van der Waals surface area contributed by atoms with Crippen LogP contribution in [0.5, 0.6) is 0 Å². The lowest BCUT2D eigenvalue weighted by Gasteiger charge is -2.22. The standard InChI is InChI=1S/C15H31NO/c1-2-3-4-5-6-10-13-16-14-17-15-11-8-7-9-12-15/h15-16H,2-14H2,1H3. The van der Waals surface area contributed by atoms with Gasteiger partial charge in [-0.3, -0.25) is 5.32 Å². The molecule has 1 rings (SSSR count). The van der Waals surface area contributed by atoms with Gasteiger partial charge in [0.2, 0.25) is 0 Å². The molecule has 0 aromatic heterocycles. The lowest BCUT2D eigenvalue weighted by atomic mass is 9.98. The van der Waals surface area contributed by atoms with Crippen molar-refractivity contribution in [1.29, 1.82) is 0 Å². The predicted octanol–water partition coefficient (Wildman–Crippen LogP) is 4.24. The Labute approximate surface area is 108 Å². The summed E-state index contributed by atoms with van der Waals surface area (Å²) in [5.41, 5.74) is 0. The average Bonchev–Trinajstić information content (AvgIpc) is 2.38. The van der Waals surface area contributed by atoms with E-state index in [1.54, 1.807) is 0 Å². The highest BCUT2D eigenvalue weighted by Gasteiger charge is 2.12. The monoisotopic (exact) mass is 241 g/mol. The lowest BCUT2D eigenvalue weighted by Crippen LogP contribution is -2.25. The lowest BCUT2D eigenvalue weighted by molar-refractivity contribution is 0.0176. The second-order valence-electron chi connectivity index (χ2n) is 5.34. The Balaban J connectivity index is 1.75. The molecule has 1 aliphatic carbocycles. The molecule has 102 valence electrons. The zero-order chi connectivity index (χ0) is 12.2. The van der Waals surface area contributed by atoms with Gasteiger partial charge in [0.1, 0.15) is 0 Å². The smallest absolute Gasteiger partial charge is 0.0969 e. The molecule has 1 fully saturated rings. The van der Waals surface area contributed by atoms with Crippen molar-refractivity contribution < 1.29 is 4.74 Å². The maximum atomic E-state index is 5.82. The van der Waals surface area contributed by atoms with E-state index in [0.29, 0.717) is 6.10 Å². The Hall–Kier alpha value is -0.0800. The van der Waals surface area contributed by atoms with Crippen molar-refractivity contribution >= 4 is 0 Å². The molecule has 0 amide bonds. The molecule has 17 heavy (non-hydrogen) atoms. The van der Waals surface area contributed by atoms with E-state index in [1.807, 2.05) is 0 Å². The highest BCUT2D eigenvalue weighted by atomic mass is 16.5. The maximum absolute atomic E-state index is 5.82. The van der Waals surface area contributed by atoms with Crippen LogP contribution < -0.4 is 5.32 Å². The zero-order valence-corrected chi connectivity index (χ0v) is 11.7. The number of ether oxygens (including phenoxy) is 1. The number of rotatable bonds is 10. The molecule has 1 saturated carbocycles. The quantitative estimate of drug-likeness (QED) is 0.456. The van der Waals surface area contributed by atoms with Gasteiger partial charge in [0.25, 0.3) is 0 Å². The molecular formula is C15H31NO. The van der Waals surface area contributed by atoms with Gasteiger partial charge in [-0.15, -0.1) is 0 Å². The summed E-state index contributed by atoms with van der Waals surface area (Å²) in [4.78, 5) is 0. The Morgan fingerprint density at radius 1 is 0.941 bits per heavy atom. The van der Waals surface area contributed by atoms with Crippen LogP contribution in [0.4, 0.5) is 0 Å². The van der Waals surface area contributed by atoms with Crippen molar-refractivity contribution in [2.24, 2.45) is 0 Å². The molecule has 0 spiro atoms. The molecule has 1 N–H and O–H groups in total. The number of unbranched alkanes of at least 4 members (excludes halogenated alkanes) is 5. The van der Waals surface area contributed by atoms with Gasteiger partial charge in [-0.2, -0.15) is 0 Å². The van der Waals surface area contributed by atoms with Crippen LogP contribution in [0.25, 0.3) is 0 Å². The first kappa shape index (κ1) is 15.0. The SMILES string of the molecule is CCCCCCCCNCOC1CCCCC1. The van der Waals surface area contributed by atoms with Crippen molar-refractivity contribution in [3.63, 3.8) is 0 Å². The molecule has 0 bridgehead atoms. The Morgan fingerprint density at radius 2 is 1.65 bits per heavy atom. The Bertz CT molecular complexity index is 155. The molecule has 2 heteroatoms. The molecule has 0 saturated heterocycles. The number of hydrogen-bond donors (Lipinski definition) is 1. The predicted molar refractivity (Wildman–Crippen MR) is 74.2 cm³/mol. The van der Waals surface area contributed by atoms with Crippen molar-refractivity contribution in [3.05, 3.63) is 0 Å². The highest BCUT2D eigenvalue weighted by Crippen LogP contribution is 2.19. The fourth-order valence-electron chi connectivity index (χ4n) is 2.51. The fourth-order valence-corrected chi connectivity index (χ4v) is 2.51. The third-order valence-electron chi connectivity index (χ3n) is 3.68. The van der Waals surface area contributed by atoms with Crippen molar-refractivity contribution in [2.45, 2.75) is 83.7 Å².